The number of carboxylic acid groups (broad SMARTS) is 1. The predicted octanol–water partition coefficient (Wildman–Crippen LogP) is 2.85. The summed E-state index contributed by atoms with van der Waals surface area (Å²) in [6.07, 6.45) is 1.75. The van der Waals surface area contributed by atoms with Gasteiger partial charge in [0.15, 0.2) is 4.32 Å². The molecule has 0 N–H and O–H groups in total. The van der Waals surface area contributed by atoms with Gasteiger partial charge < -0.3 is 14.6 Å². The van der Waals surface area contributed by atoms with Crippen LogP contribution in [0.3, 0.4) is 0 Å². The summed E-state index contributed by atoms with van der Waals surface area (Å²) >= 11 is 6.48. The maximum absolute atomic E-state index is 12.7. The number of benzene rings is 2. The van der Waals surface area contributed by atoms with Crippen LogP contribution in [-0.2, 0) is 4.79 Å². The summed E-state index contributed by atoms with van der Waals surface area (Å²) in [5.41, 5.74) is 1.24. The van der Waals surface area contributed by atoms with Crippen molar-refractivity contribution < 1.29 is 19.4 Å². The highest BCUT2D eigenvalue weighted by Crippen LogP contribution is 2.36. The highest BCUT2D eigenvalue weighted by molar-refractivity contribution is 8.27. The second-order valence-electron chi connectivity index (χ2n) is 5.36. The van der Waals surface area contributed by atoms with Crippen molar-refractivity contribution in [3.05, 3.63) is 64.6 Å². The molecule has 0 bridgehead atoms. The monoisotopic (exact) mass is 384 g/mol. The minimum atomic E-state index is -1.30. The van der Waals surface area contributed by atoms with Gasteiger partial charge in [-0.25, -0.2) is 0 Å². The summed E-state index contributed by atoms with van der Waals surface area (Å²) in [5, 5.41) is 11.0. The number of carbonyl (C=O) groups excluding carboxylic acids is 2. The maximum atomic E-state index is 12.7. The number of anilines is 1. The van der Waals surface area contributed by atoms with Crippen LogP contribution in [0.15, 0.2) is 53.4 Å². The van der Waals surface area contributed by atoms with E-state index in [-0.39, 0.29) is 11.5 Å². The first kappa shape index (κ1) is 18.2. The highest BCUT2D eigenvalue weighted by atomic mass is 32.2. The van der Waals surface area contributed by atoms with E-state index in [4.69, 9.17) is 17.0 Å². The molecule has 2 aromatic carbocycles. The lowest BCUT2D eigenvalue weighted by atomic mass is 10.2. The molecule has 0 spiro atoms. The number of carboxylic acids is 1. The Bertz CT molecular complexity index is 906. The van der Waals surface area contributed by atoms with Crippen molar-refractivity contribution in [3.63, 3.8) is 0 Å². The topological polar surface area (TPSA) is 69.7 Å². The molecule has 1 aliphatic rings. The average Bonchev–Trinajstić information content (AvgIpc) is 2.90. The normalized spacial score (nSPS) is 15.6. The molecule has 0 unspecified atom stereocenters. The fraction of sp³-hybridized carbons (Fsp3) is 0.105. The number of nitrogens with zero attached hydrogens (tertiary/aromatic N) is 1. The van der Waals surface area contributed by atoms with Gasteiger partial charge in [-0.1, -0.05) is 48.2 Å². The summed E-state index contributed by atoms with van der Waals surface area (Å²) in [4.78, 5) is 25.6. The molecule has 7 heteroatoms. The third-order valence-electron chi connectivity index (χ3n) is 3.62. The Labute approximate surface area is 160 Å². The minimum absolute atomic E-state index is 0.00737. The molecule has 5 nitrogen and oxygen atoms in total. The van der Waals surface area contributed by atoms with Gasteiger partial charge in [-0.05, 0) is 48.4 Å². The Morgan fingerprint density at radius 3 is 2.65 bits per heavy atom. The van der Waals surface area contributed by atoms with E-state index in [1.54, 1.807) is 18.2 Å². The van der Waals surface area contributed by atoms with Crippen LogP contribution in [0.4, 0.5) is 5.69 Å². The molecule has 0 radical (unpaired) electrons. The number of rotatable bonds is 5. The van der Waals surface area contributed by atoms with Gasteiger partial charge in [-0.3, -0.25) is 9.69 Å². The van der Waals surface area contributed by atoms with Crippen LogP contribution in [0, 0.1) is 0 Å². The minimum Gasteiger partial charge on any atom is -0.545 e. The van der Waals surface area contributed by atoms with Crippen molar-refractivity contribution >= 4 is 51.9 Å². The van der Waals surface area contributed by atoms with Crippen molar-refractivity contribution in [2.75, 3.05) is 11.5 Å². The third-order valence-corrected chi connectivity index (χ3v) is 4.92. The zero-order valence-electron chi connectivity index (χ0n) is 13.8. The van der Waals surface area contributed by atoms with Crippen molar-refractivity contribution in [3.8, 4) is 5.75 Å². The predicted molar refractivity (Wildman–Crippen MR) is 104 cm³/mol. The summed E-state index contributed by atoms with van der Waals surface area (Å²) < 4.78 is 5.75. The van der Waals surface area contributed by atoms with Crippen LogP contribution >= 0.6 is 24.0 Å². The fourth-order valence-electron chi connectivity index (χ4n) is 2.44. The van der Waals surface area contributed by atoms with E-state index in [0.29, 0.717) is 21.5 Å². The lowest BCUT2D eigenvalue weighted by molar-refractivity contribution is -0.255. The number of amides is 1. The molecule has 0 aliphatic carbocycles. The largest absolute Gasteiger partial charge is 0.545 e. The van der Waals surface area contributed by atoms with Gasteiger partial charge in [0.25, 0.3) is 5.91 Å². The van der Waals surface area contributed by atoms with Crippen molar-refractivity contribution in [1.82, 2.24) is 0 Å². The molecule has 1 saturated heterocycles. The van der Waals surface area contributed by atoms with Gasteiger partial charge in [-0.15, -0.1) is 0 Å². The quantitative estimate of drug-likeness (QED) is 0.583. The second kappa shape index (κ2) is 7.72. The summed E-state index contributed by atoms with van der Waals surface area (Å²) in [6.45, 7) is 2.50. The zero-order chi connectivity index (χ0) is 18.7. The Kier molecular flexibility index (Phi) is 5.39. The van der Waals surface area contributed by atoms with Crippen LogP contribution in [0.5, 0.6) is 5.75 Å². The second-order valence-corrected chi connectivity index (χ2v) is 7.03. The van der Waals surface area contributed by atoms with Crippen LogP contribution in [0.1, 0.15) is 22.8 Å². The van der Waals surface area contributed by atoms with Gasteiger partial charge >= 0.3 is 0 Å². The van der Waals surface area contributed by atoms with Gasteiger partial charge in [0.05, 0.1) is 23.2 Å². The Morgan fingerprint density at radius 2 is 2.00 bits per heavy atom. The number of thioether (sulfide) groups is 1. The molecule has 1 fully saturated rings. The fourth-order valence-corrected chi connectivity index (χ4v) is 3.74. The number of aromatic carboxylic acids is 1. The molecule has 3 rings (SSSR count). The Balaban J connectivity index is 1.86. The smallest absolute Gasteiger partial charge is 0.270 e. The molecule has 0 atom stereocenters. The van der Waals surface area contributed by atoms with Crippen molar-refractivity contribution in [1.29, 1.82) is 0 Å². The van der Waals surface area contributed by atoms with Crippen molar-refractivity contribution in [2.24, 2.45) is 0 Å². The van der Waals surface area contributed by atoms with Gasteiger partial charge in [0.2, 0.25) is 0 Å². The van der Waals surface area contributed by atoms with E-state index in [9.17, 15) is 14.7 Å². The number of thiocarbonyl (C=S) groups is 1. The lowest BCUT2D eigenvalue weighted by Crippen LogP contribution is -2.28. The first-order valence-corrected chi connectivity index (χ1v) is 9.04. The van der Waals surface area contributed by atoms with Crippen LogP contribution in [0.25, 0.3) is 6.08 Å². The van der Waals surface area contributed by atoms with Crippen molar-refractivity contribution in [2.45, 2.75) is 6.92 Å². The molecule has 0 saturated carbocycles. The molecule has 26 heavy (non-hydrogen) atoms. The Morgan fingerprint density at radius 1 is 1.27 bits per heavy atom. The van der Waals surface area contributed by atoms with Crippen LogP contribution in [-0.4, -0.2) is 22.8 Å². The highest BCUT2D eigenvalue weighted by Gasteiger charge is 2.33. The third kappa shape index (κ3) is 3.79. The summed E-state index contributed by atoms with van der Waals surface area (Å²) in [6, 6.07) is 13.3. The van der Waals surface area contributed by atoms with Gasteiger partial charge in [0.1, 0.15) is 5.75 Å². The molecule has 1 heterocycles. The van der Waals surface area contributed by atoms with E-state index in [1.807, 2.05) is 31.2 Å². The zero-order valence-corrected chi connectivity index (χ0v) is 15.4. The van der Waals surface area contributed by atoms with Crippen LogP contribution < -0.4 is 14.7 Å². The van der Waals surface area contributed by atoms with E-state index < -0.39 is 5.97 Å². The molecule has 1 amide bonds. The summed E-state index contributed by atoms with van der Waals surface area (Å²) in [7, 11) is 0. The van der Waals surface area contributed by atoms with Gasteiger partial charge in [0, 0.05) is 0 Å². The first-order chi connectivity index (χ1) is 12.5. The van der Waals surface area contributed by atoms with E-state index >= 15 is 0 Å². The number of hydrogen-bond acceptors (Lipinski definition) is 6. The molecule has 1 aliphatic heterocycles. The molecular formula is C19H14NO4S2-. The van der Waals surface area contributed by atoms with E-state index in [0.717, 1.165) is 11.3 Å². The van der Waals surface area contributed by atoms with Crippen LogP contribution in [0.2, 0.25) is 0 Å². The number of carbonyl (C=O) groups is 2. The standard InChI is InChI=1S/C19H15NO4S2/c1-2-24-15-8-6-12(7-9-15)10-16-17(21)20(19(25)26-16)14-5-3-4-13(11-14)18(22)23/h3-11H,2H2,1H3,(H,22,23)/p-1. The molecule has 0 aromatic heterocycles. The SMILES string of the molecule is CCOc1ccc(C=C2SC(=S)N(c3cccc(C(=O)[O-])c3)C2=O)cc1. The van der Waals surface area contributed by atoms with E-state index in [2.05, 4.69) is 0 Å². The lowest BCUT2D eigenvalue weighted by Gasteiger charge is -2.15. The number of hydrogen-bond donors (Lipinski definition) is 0. The maximum Gasteiger partial charge on any atom is 0.270 e. The molecule has 2 aromatic rings. The molecule has 132 valence electrons. The first-order valence-electron chi connectivity index (χ1n) is 7.82. The van der Waals surface area contributed by atoms with E-state index in [1.165, 1.54) is 28.8 Å². The van der Waals surface area contributed by atoms with Gasteiger partial charge in [-0.2, -0.15) is 0 Å². The average molecular weight is 384 g/mol. The molecular weight excluding hydrogens is 370 g/mol. The Hall–Kier alpha value is -2.64. The number of ether oxygens (including phenoxy) is 1. The summed E-state index contributed by atoms with van der Waals surface area (Å²) in [5.74, 6) is -0.831.